The maximum Gasteiger partial charge on any atom is 0.120 e. The van der Waals surface area contributed by atoms with Crippen LogP contribution in [0.15, 0.2) is 24.4 Å². The Hall–Kier alpha value is -1.65. The number of aryl methyl sites for hydroxylation is 2. The number of para-hydroxylation sites is 1. The van der Waals surface area contributed by atoms with Crippen molar-refractivity contribution in [3.05, 3.63) is 46.8 Å². The lowest BCUT2D eigenvalue weighted by molar-refractivity contribution is -0.0675. The van der Waals surface area contributed by atoms with Gasteiger partial charge in [0.1, 0.15) is 5.72 Å². The molecule has 2 aliphatic carbocycles. The average molecular weight is 337 g/mol. The SMILES string of the molecule is Cc1cccc(C)c1-n1ncc(C2CC2)c1CO[C@]12CC[C@H](CN1)C2. The fourth-order valence-corrected chi connectivity index (χ4v) is 4.76. The number of piperidine rings is 1. The quantitative estimate of drug-likeness (QED) is 0.897. The highest BCUT2D eigenvalue weighted by atomic mass is 16.5. The first-order valence-electron chi connectivity index (χ1n) is 9.68. The fraction of sp³-hybridized carbons (Fsp3) is 0.571. The van der Waals surface area contributed by atoms with Crippen molar-refractivity contribution in [3.8, 4) is 5.69 Å². The van der Waals surface area contributed by atoms with Crippen LogP contribution in [0.25, 0.3) is 5.69 Å². The third-order valence-corrected chi connectivity index (χ3v) is 6.34. The summed E-state index contributed by atoms with van der Waals surface area (Å²) in [6.45, 7) is 6.11. The van der Waals surface area contributed by atoms with E-state index in [1.807, 2.05) is 0 Å². The van der Waals surface area contributed by atoms with E-state index >= 15 is 0 Å². The first-order chi connectivity index (χ1) is 12.2. The summed E-state index contributed by atoms with van der Waals surface area (Å²) in [5.74, 6) is 1.49. The van der Waals surface area contributed by atoms with Crippen LogP contribution in [-0.2, 0) is 11.3 Å². The Kier molecular flexibility index (Phi) is 3.54. The van der Waals surface area contributed by atoms with E-state index in [0.717, 1.165) is 18.9 Å². The Labute approximate surface area is 149 Å². The van der Waals surface area contributed by atoms with E-state index in [0.29, 0.717) is 12.5 Å². The lowest BCUT2D eigenvalue weighted by Gasteiger charge is -2.28. The zero-order valence-electron chi connectivity index (χ0n) is 15.2. The third-order valence-electron chi connectivity index (χ3n) is 6.34. The van der Waals surface area contributed by atoms with Crippen LogP contribution in [0.4, 0.5) is 0 Å². The third kappa shape index (κ3) is 2.63. The van der Waals surface area contributed by atoms with Gasteiger partial charge in [-0.3, -0.25) is 5.32 Å². The molecule has 1 aromatic carbocycles. The monoisotopic (exact) mass is 337 g/mol. The molecule has 1 N–H and O–H groups in total. The second kappa shape index (κ2) is 5.68. The second-order valence-corrected chi connectivity index (χ2v) is 8.25. The summed E-state index contributed by atoms with van der Waals surface area (Å²) in [4.78, 5) is 0. The Bertz CT molecular complexity index is 777. The summed E-state index contributed by atoms with van der Waals surface area (Å²) >= 11 is 0. The number of fused-ring (bicyclic) bond motifs is 2. The van der Waals surface area contributed by atoms with Crippen molar-refractivity contribution in [1.82, 2.24) is 15.1 Å². The van der Waals surface area contributed by atoms with Crippen LogP contribution in [0.3, 0.4) is 0 Å². The van der Waals surface area contributed by atoms with Crippen LogP contribution in [-0.4, -0.2) is 22.1 Å². The molecule has 132 valence electrons. The van der Waals surface area contributed by atoms with Gasteiger partial charge in [-0.15, -0.1) is 0 Å². The Balaban J connectivity index is 1.50. The van der Waals surface area contributed by atoms with Crippen molar-refractivity contribution < 1.29 is 4.74 Å². The summed E-state index contributed by atoms with van der Waals surface area (Å²) in [6.07, 6.45) is 8.28. The van der Waals surface area contributed by atoms with Crippen molar-refractivity contribution in [2.75, 3.05) is 6.54 Å². The van der Waals surface area contributed by atoms with Crippen molar-refractivity contribution in [3.63, 3.8) is 0 Å². The molecule has 5 rings (SSSR count). The van der Waals surface area contributed by atoms with E-state index in [9.17, 15) is 0 Å². The van der Waals surface area contributed by atoms with Gasteiger partial charge >= 0.3 is 0 Å². The van der Waals surface area contributed by atoms with Gasteiger partial charge in [-0.2, -0.15) is 5.10 Å². The van der Waals surface area contributed by atoms with Crippen molar-refractivity contribution in [2.45, 2.75) is 64.2 Å². The average Bonchev–Trinajstić information content (AvgIpc) is 3.07. The van der Waals surface area contributed by atoms with Gasteiger partial charge in [0.05, 0.1) is 24.2 Å². The molecule has 4 nitrogen and oxygen atoms in total. The van der Waals surface area contributed by atoms with Gasteiger partial charge in [-0.25, -0.2) is 4.68 Å². The van der Waals surface area contributed by atoms with Crippen LogP contribution in [0.1, 0.15) is 60.4 Å². The number of nitrogens with one attached hydrogen (secondary N) is 1. The molecule has 4 heteroatoms. The number of hydrogen-bond acceptors (Lipinski definition) is 3. The fourth-order valence-electron chi connectivity index (χ4n) is 4.76. The molecule has 1 aliphatic heterocycles. The number of benzene rings is 1. The minimum atomic E-state index is -0.0820. The highest BCUT2D eigenvalue weighted by Crippen LogP contribution is 2.44. The lowest BCUT2D eigenvalue weighted by Crippen LogP contribution is -2.42. The summed E-state index contributed by atoms with van der Waals surface area (Å²) < 4.78 is 8.66. The van der Waals surface area contributed by atoms with E-state index in [-0.39, 0.29) is 5.72 Å². The number of aromatic nitrogens is 2. The normalized spacial score (nSPS) is 28.0. The van der Waals surface area contributed by atoms with Crippen LogP contribution in [0.2, 0.25) is 0 Å². The zero-order chi connectivity index (χ0) is 17.0. The predicted octanol–water partition coefficient (Wildman–Crippen LogP) is 3.98. The molecule has 2 atom stereocenters. The van der Waals surface area contributed by atoms with Gasteiger partial charge in [0.15, 0.2) is 0 Å². The summed E-state index contributed by atoms with van der Waals surface area (Å²) in [5.41, 5.74) is 6.32. The topological polar surface area (TPSA) is 39.1 Å². The van der Waals surface area contributed by atoms with Gasteiger partial charge in [0.25, 0.3) is 0 Å². The minimum absolute atomic E-state index is 0.0820. The molecular weight excluding hydrogens is 310 g/mol. The molecule has 0 radical (unpaired) electrons. The van der Waals surface area contributed by atoms with Crippen LogP contribution in [0, 0.1) is 19.8 Å². The molecule has 1 aromatic heterocycles. The van der Waals surface area contributed by atoms with Gasteiger partial charge in [0, 0.05) is 6.54 Å². The number of nitrogens with zero attached hydrogens (tertiary/aromatic N) is 2. The highest BCUT2D eigenvalue weighted by molar-refractivity contribution is 5.48. The van der Waals surface area contributed by atoms with Crippen LogP contribution < -0.4 is 5.32 Å². The Morgan fingerprint density at radius 3 is 2.64 bits per heavy atom. The highest BCUT2D eigenvalue weighted by Gasteiger charge is 2.46. The maximum absolute atomic E-state index is 6.51. The first kappa shape index (κ1) is 15.6. The minimum Gasteiger partial charge on any atom is -0.354 e. The summed E-state index contributed by atoms with van der Waals surface area (Å²) in [5, 5.41) is 8.42. The van der Waals surface area contributed by atoms with Crippen LogP contribution >= 0.6 is 0 Å². The van der Waals surface area contributed by atoms with Gasteiger partial charge < -0.3 is 4.74 Å². The molecule has 0 unspecified atom stereocenters. The van der Waals surface area contributed by atoms with Gasteiger partial charge in [-0.05, 0) is 74.5 Å². The maximum atomic E-state index is 6.51. The molecule has 2 heterocycles. The Morgan fingerprint density at radius 1 is 1.24 bits per heavy atom. The molecule has 0 amide bonds. The molecule has 2 aromatic rings. The number of ether oxygens (including phenoxy) is 1. The lowest BCUT2D eigenvalue weighted by atomic mass is 10.1. The van der Waals surface area contributed by atoms with Crippen molar-refractivity contribution >= 4 is 0 Å². The van der Waals surface area contributed by atoms with E-state index in [2.05, 4.69) is 48.2 Å². The van der Waals surface area contributed by atoms with E-state index in [4.69, 9.17) is 9.84 Å². The van der Waals surface area contributed by atoms with Crippen molar-refractivity contribution in [1.29, 1.82) is 0 Å². The molecule has 1 saturated heterocycles. The van der Waals surface area contributed by atoms with Gasteiger partial charge in [0.2, 0.25) is 0 Å². The first-order valence-corrected chi connectivity index (χ1v) is 9.68. The molecule has 2 saturated carbocycles. The van der Waals surface area contributed by atoms with E-state index in [1.54, 1.807) is 0 Å². The molecule has 25 heavy (non-hydrogen) atoms. The molecular formula is C21H27N3O. The van der Waals surface area contributed by atoms with Crippen molar-refractivity contribution in [2.24, 2.45) is 5.92 Å². The summed E-state index contributed by atoms with van der Waals surface area (Å²) in [6, 6.07) is 6.46. The second-order valence-electron chi connectivity index (χ2n) is 8.25. The van der Waals surface area contributed by atoms with E-state index in [1.165, 1.54) is 53.8 Å². The van der Waals surface area contributed by atoms with E-state index < -0.39 is 0 Å². The number of hydrogen-bond donors (Lipinski definition) is 1. The zero-order valence-corrected chi connectivity index (χ0v) is 15.2. The molecule has 3 fully saturated rings. The molecule has 0 spiro atoms. The Morgan fingerprint density at radius 2 is 2.04 bits per heavy atom. The largest absolute Gasteiger partial charge is 0.354 e. The molecule has 2 bridgehead atoms. The standard InChI is InChI=1S/C21H27N3O/c1-14-4-3-5-15(2)20(14)24-19(18(12-23-24)17-6-7-17)13-25-21-9-8-16(10-21)11-22-21/h3-5,12,16-17,22H,6-11,13H2,1-2H3/t16-,21-/m0/s1. The predicted molar refractivity (Wildman–Crippen MR) is 97.9 cm³/mol. The molecule has 3 aliphatic rings. The summed E-state index contributed by atoms with van der Waals surface area (Å²) in [7, 11) is 0. The van der Waals surface area contributed by atoms with Gasteiger partial charge in [-0.1, -0.05) is 18.2 Å². The number of rotatable bonds is 5. The van der Waals surface area contributed by atoms with Crippen LogP contribution in [0.5, 0.6) is 0 Å². The smallest absolute Gasteiger partial charge is 0.120 e.